The molecule has 30 heavy (non-hydrogen) atoms. The van der Waals surface area contributed by atoms with Crippen LogP contribution in [0.3, 0.4) is 0 Å². The predicted octanol–water partition coefficient (Wildman–Crippen LogP) is 1.40. The van der Waals surface area contributed by atoms with Crippen molar-refractivity contribution in [1.82, 2.24) is 9.80 Å². The lowest BCUT2D eigenvalue weighted by Crippen LogP contribution is -2.50. The fourth-order valence-electron chi connectivity index (χ4n) is 4.63. The number of fused-ring (bicyclic) bond motifs is 1. The molecule has 3 aliphatic rings. The van der Waals surface area contributed by atoms with Crippen molar-refractivity contribution >= 4 is 18.0 Å². The van der Waals surface area contributed by atoms with Gasteiger partial charge >= 0.3 is 12.2 Å². The molecule has 0 aromatic rings. The molecular weight excluding hydrogens is 392 g/mol. The first kappa shape index (κ1) is 22.3. The van der Waals surface area contributed by atoms with Crippen molar-refractivity contribution in [3.05, 3.63) is 22.8 Å². The van der Waals surface area contributed by atoms with Crippen molar-refractivity contribution in [3.63, 3.8) is 0 Å². The van der Waals surface area contributed by atoms with Crippen LogP contribution in [0.15, 0.2) is 22.8 Å². The molecule has 166 valence electrons. The van der Waals surface area contributed by atoms with Gasteiger partial charge in [0.25, 0.3) is 0 Å². The molecule has 9 nitrogen and oxygen atoms in total. The van der Waals surface area contributed by atoms with Gasteiger partial charge in [-0.3, -0.25) is 4.79 Å². The van der Waals surface area contributed by atoms with Gasteiger partial charge in [0.1, 0.15) is 11.7 Å². The van der Waals surface area contributed by atoms with E-state index < -0.39 is 40.5 Å². The van der Waals surface area contributed by atoms with Crippen molar-refractivity contribution in [2.24, 2.45) is 10.8 Å². The van der Waals surface area contributed by atoms with Crippen molar-refractivity contribution in [1.29, 1.82) is 0 Å². The zero-order chi connectivity index (χ0) is 22.6. The van der Waals surface area contributed by atoms with Gasteiger partial charge in [0.15, 0.2) is 5.78 Å². The van der Waals surface area contributed by atoms with E-state index in [0.29, 0.717) is 24.0 Å². The number of nitrogens with zero attached hydrogens (tertiary/aromatic N) is 2. The van der Waals surface area contributed by atoms with Crippen LogP contribution in [0.1, 0.15) is 33.6 Å². The summed E-state index contributed by atoms with van der Waals surface area (Å²) in [5, 5.41) is 30.0. The second-order valence-corrected chi connectivity index (χ2v) is 9.13. The van der Waals surface area contributed by atoms with Crippen LogP contribution in [0.2, 0.25) is 0 Å². The molecule has 0 aliphatic heterocycles. The third-order valence-electron chi connectivity index (χ3n) is 7.08. The Morgan fingerprint density at radius 1 is 1.20 bits per heavy atom. The summed E-state index contributed by atoms with van der Waals surface area (Å²) in [5.41, 5.74) is -1.49. The highest BCUT2D eigenvalue weighted by atomic mass is 16.6. The van der Waals surface area contributed by atoms with E-state index in [1.54, 1.807) is 13.0 Å². The Morgan fingerprint density at radius 2 is 1.77 bits per heavy atom. The summed E-state index contributed by atoms with van der Waals surface area (Å²) in [4.78, 5) is 39.1. The number of aliphatic hydroxyl groups is 2. The number of rotatable bonds is 5. The molecule has 3 N–H and O–H groups in total. The lowest BCUT2D eigenvalue weighted by atomic mass is 9.67. The fraction of sp³-hybridized carbons (Fsp3) is 0.667. The molecular formula is C21H30N2O7. The second kappa shape index (κ2) is 7.09. The van der Waals surface area contributed by atoms with Crippen LogP contribution < -0.4 is 0 Å². The summed E-state index contributed by atoms with van der Waals surface area (Å²) in [6, 6.07) is 0. The maximum Gasteiger partial charge on any atom is 0.410 e. The number of aliphatic hydroxyl groups excluding tert-OH is 1. The Labute approximate surface area is 175 Å². The minimum atomic E-state index is -1.53. The van der Waals surface area contributed by atoms with Crippen LogP contribution in [-0.2, 0) is 9.53 Å². The highest BCUT2D eigenvalue weighted by Crippen LogP contribution is 2.65. The van der Waals surface area contributed by atoms with Gasteiger partial charge in [-0.1, -0.05) is 11.6 Å². The number of ether oxygens (including phenoxy) is 1. The smallest absolute Gasteiger partial charge is 0.410 e. The lowest BCUT2D eigenvalue weighted by molar-refractivity contribution is -0.138. The van der Waals surface area contributed by atoms with Crippen molar-refractivity contribution < 1.29 is 34.4 Å². The molecule has 9 heteroatoms. The van der Waals surface area contributed by atoms with Gasteiger partial charge in [-0.2, -0.15) is 0 Å². The summed E-state index contributed by atoms with van der Waals surface area (Å²) in [6.07, 6.45) is 0.301. The average Bonchev–Trinajstić information content (AvgIpc) is 3.45. The van der Waals surface area contributed by atoms with Gasteiger partial charge in [0.05, 0.1) is 12.0 Å². The van der Waals surface area contributed by atoms with E-state index in [2.05, 4.69) is 0 Å². The number of carbonyl (C=O) groups is 3. The SMILES string of the molecule is CC1=C2C(=C[C@@](C)(CO)[C@@H]2OC(=O)N(C)CCN(C)C(=O)O)C(=O)[C@](C)(O)C12CC2. The van der Waals surface area contributed by atoms with Crippen LogP contribution in [0.4, 0.5) is 9.59 Å². The zero-order valence-electron chi connectivity index (χ0n) is 18.1. The van der Waals surface area contributed by atoms with Gasteiger partial charge in [-0.15, -0.1) is 0 Å². The maximum atomic E-state index is 13.1. The number of carbonyl (C=O) groups excluding carboxylic acids is 2. The summed E-state index contributed by atoms with van der Waals surface area (Å²) in [5.74, 6) is -0.407. The third kappa shape index (κ3) is 3.11. The molecule has 0 aromatic heterocycles. The highest BCUT2D eigenvalue weighted by Gasteiger charge is 2.67. The molecule has 0 saturated heterocycles. The first-order valence-corrected chi connectivity index (χ1v) is 10.0. The summed E-state index contributed by atoms with van der Waals surface area (Å²) >= 11 is 0. The maximum absolute atomic E-state index is 13.1. The van der Waals surface area contributed by atoms with E-state index in [0.717, 1.165) is 10.5 Å². The Hall–Kier alpha value is -2.39. The van der Waals surface area contributed by atoms with E-state index in [9.17, 15) is 24.6 Å². The van der Waals surface area contributed by atoms with Gasteiger partial charge < -0.3 is 29.9 Å². The van der Waals surface area contributed by atoms with Crippen LogP contribution in [0.25, 0.3) is 0 Å². The first-order valence-electron chi connectivity index (χ1n) is 10.0. The molecule has 3 aliphatic carbocycles. The predicted molar refractivity (Wildman–Crippen MR) is 107 cm³/mol. The van der Waals surface area contributed by atoms with Crippen LogP contribution in [0.5, 0.6) is 0 Å². The Morgan fingerprint density at radius 3 is 2.27 bits per heavy atom. The molecule has 0 unspecified atom stereocenters. The zero-order valence-corrected chi connectivity index (χ0v) is 18.1. The number of ketones is 1. The fourth-order valence-corrected chi connectivity index (χ4v) is 4.63. The topological polar surface area (TPSA) is 128 Å². The molecule has 3 rings (SSSR count). The number of likely N-dealkylation sites (N-methyl/N-ethyl adjacent to an activating group) is 2. The first-order chi connectivity index (χ1) is 13.8. The van der Waals surface area contributed by atoms with E-state index >= 15 is 0 Å². The quantitative estimate of drug-likeness (QED) is 0.611. The summed E-state index contributed by atoms with van der Waals surface area (Å²) < 4.78 is 5.77. The molecule has 0 heterocycles. The number of hydrogen-bond acceptors (Lipinski definition) is 6. The standard InChI is InChI=1S/C21H30N2O7/c1-12-14-13(15(25)20(3,29)21(12)6-7-21)10-19(2,11-24)16(14)30-18(28)23(5)9-8-22(4)17(26)27/h10,16,24,29H,6-9,11H2,1-5H3,(H,26,27)/t16-,19+,20+/m1/s1. The number of hydrogen-bond donors (Lipinski definition) is 3. The molecule has 0 aromatic carbocycles. The van der Waals surface area contributed by atoms with Crippen molar-refractivity contribution in [2.45, 2.75) is 45.3 Å². The van der Waals surface area contributed by atoms with E-state index in [4.69, 9.17) is 9.84 Å². The molecule has 1 fully saturated rings. The number of carboxylic acid groups (broad SMARTS) is 1. The van der Waals surface area contributed by atoms with E-state index in [-0.39, 0.29) is 19.7 Å². The third-order valence-corrected chi connectivity index (χ3v) is 7.08. The van der Waals surface area contributed by atoms with Gasteiger partial charge in [0, 0.05) is 43.7 Å². The second-order valence-electron chi connectivity index (χ2n) is 9.13. The highest BCUT2D eigenvalue weighted by molar-refractivity contribution is 6.09. The van der Waals surface area contributed by atoms with Crippen molar-refractivity contribution in [3.8, 4) is 0 Å². The van der Waals surface area contributed by atoms with E-state index in [1.807, 2.05) is 6.92 Å². The van der Waals surface area contributed by atoms with Gasteiger partial charge in [-0.25, -0.2) is 9.59 Å². The average molecular weight is 422 g/mol. The van der Waals surface area contributed by atoms with Crippen molar-refractivity contribution in [2.75, 3.05) is 33.8 Å². The van der Waals surface area contributed by atoms with Gasteiger partial charge in [-0.05, 0) is 33.6 Å². The van der Waals surface area contributed by atoms with Crippen LogP contribution in [0, 0.1) is 10.8 Å². The van der Waals surface area contributed by atoms with Gasteiger partial charge in [0.2, 0.25) is 0 Å². The normalized spacial score (nSPS) is 31.4. The molecule has 1 saturated carbocycles. The lowest BCUT2D eigenvalue weighted by Gasteiger charge is -2.40. The number of amides is 2. The summed E-state index contributed by atoms with van der Waals surface area (Å²) in [7, 11) is 2.90. The monoisotopic (exact) mass is 422 g/mol. The Balaban J connectivity index is 1.88. The minimum Gasteiger partial charge on any atom is -0.465 e. The largest absolute Gasteiger partial charge is 0.465 e. The molecule has 3 atom stereocenters. The minimum absolute atomic E-state index is 0.110. The molecule has 0 radical (unpaired) electrons. The van der Waals surface area contributed by atoms with E-state index in [1.165, 1.54) is 25.9 Å². The molecule has 2 amide bonds. The molecule has 1 spiro atoms. The Kier molecular flexibility index (Phi) is 5.27. The number of Topliss-reactive ketones (excluding diaryl/α,β-unsaturated/α-hetero) is 1. The Bertz CT molecular complexity index is 855. The van der Waals surface area contributed by atoms with Crippen LogP contribution in [-0.4, -0.2) is 88.6 Å². The molecule has 0 bridgehead atoms. The summed E-state index contributed by atoms with van der Waals surface area (Å²) in [6.45, 7) is 4.98. The van der Waals surface area contributed by atoms with Crippen LogP contribution >= 0.6 is 0 Å².